The molecule has 202 valence electrons. The zero-order valence-electron chi connectivity index (χ0n) is 23.5. The van der Waals surface area contributed by atoms with Crippen LogP contribution in [0.3, 0.4) is 0 Å². The molecule has 0 radical (unpaired) electrons. The number of carbonyl (C=O) groups excluding carboxylic acids is 1. The molecular weight excluding hydrogens is 480 g/mol. The molecule has 0 saturated carbocycles. The minimum Gasteiger partial charge on any atom is -0.460 e. The maximum absolute atomic E-state index is 12.4. The Morgan fingerprint density at radius 1 is 1.18 bits per heavy atom. The summed E-state index contributed by atoms with van der Waals surface area (Å²) in [6.07, 6.45) is 6.25. The second kappa shape index (κ2) is 12.0. The molecule has 3 aromatic rings. The van der Waals surface area contributed by atoms with Gasteiger partial charge in [-0.05, 0) is 38.6 Å². The molecule has 2 N–H and O–H groups in total. The van der Waals surface area contributed by atoms with E-state index in [2.05, 4.69) is 55.6 Å². The van der Waals surface area contributed by atoms with Crippen molar-refractivity contribution in [2.45, 2.75) is 44.9 Å². The summed E-state index contributed by atoms with van der Waals surface area (Å²) in [5.41, 5.74) is 10.1. The molecule has 1 atom stereocenters. The van der Waals surface area contributed by atoms with Crippen molar-refractivity contribution in [2.75, 3.05) is 57.5 Å². The summed E-state index contributed by atoms with van der Waals surface area (Å²) in [5.74, 6) is 1.43. The van der Waals surface area contributed by atoms with Crippen molar-refractivity contribution >= 4 is 38.9 Å². The van der Waals surface area contributed by atoms with Gasteiger partial charge >= 0.3 is 6.01 Å². The number of nitrogens with zero attached hydrogens (tertiary/aromatic N) is 8. The summed E-state index contributed by atoms with van der Waals surface area (Å²) >= 11 is 0. The van der Waals surface area contributed by atoms with E-state index in [-0.39, 0.29) is 18.0 Å². The van der Waals surface area contributed by atoms with Gasteiger partial charge in [-0.3, -0.25) is 4.79 Å². The zero-order valence-corrected chi connectivity index (χ0v) is 23.5. The van der Waals surface area contributed by atoms with E-state index in [1.54, 1.807) is 10.7 Å². The largest absolute Gasteiger partial charge is 0.460 e. The van der Waals surface area contributed by atoms with Gasteiger partial charge in [0.25, 0.3) is 0 Å². The summed E-state index contributed by atoms with van der Waals surface area (Å²) in [5, 5.41) is 4.63. The van der Waals surface area contributed by atoms with Gasteiger partial charge in [-0.1, -0.05) is 25.1 Å². The average Bonchev–Trinajstić information content (AvgIpc) is 3.26. The van der Waals surface area contributed by atoms with Crippen LogP contribution in [0.4, 0.5) is 11.6 Å². The van der Waals surface area contributed by atoms with E-state index in [4.69, 9.17) is 15.5 Å². The molecule has 1 unspecified atom stereocenters. The summed E-state index contributed by atoms with van der Waals surface area (Å²) in [6.45, 7) is 7.62. The number of piperazine rings is 1. The lowest BCUT2D eigenvalue weighted by molar-refractivity contribution is -0.132. The fourth-order valence-electron chi connectivity index (χ4n) is 4.85. The number of hydrogen-bond acceptors (Lipinski definition) is 9. The number of carbonyl (C=O) groups is 1. The van der Waals surface area contributed by atoms with E-state index in [9.17, 15) is 4.79 Å². The van der Waals surface area contributed by atoms with Crippen LogP contribution >= 0.6 is 0 Å². The lowest BCUT2D eigenvalue weighted by atomic mass is 9.66. The molecule has 1 amide bonds. The lowest BCUT2D eigenvalue weighted by Gasteiger charge is -2.36. The summed E-state index contributed by atoms with van der Waals surface area (Å²) < 4.78 is 7.86. The van der Waals surface area contributed by atoms with Gasteiger partial charge < -0.3 is 25.2 Å². The first-order valence-electron chi connectivity index (χ1n) is 13.5. The number of pyridine rings is 1. The monoisotopic (exact) mass is 519 g/mol. The Kier molecular flexibility index (Phi) is 8.76. The fraction of sp³-hybridized carbons (Fsp3) is 0.560. The first kappa shape index (κ1) is 27.7. The van der Waals surface area contributed by atoms with Gasteiger partial charge in [0.15, 0.2) is 11.5 Å². The van der Waals surface area contributed by atoms with Crippen LogP contribution in [0.15, 0.2) is 18.5 Å². The van der Waals surface area contributed by atoms with Gasteiger partial charge in [-0.15, -0.1) is 5.10 Å². The van der Waals surface area contributed by atoms with E-state index >= 15 is 0 Å². The Morgan fingerprint density at radius 2 is 1.92 bits per heavy atom. The Labute approximate surface area is 226 Å². The molecular formula is C25H39B2N9O2. The van der Waals surface area contributed by atoms with Gasteiger partial charge in [-0.25, -0.2) is 14.5 Å². The molecule has 1 fully saturated rings. The van der Waals surface area contributed by atoms with Crippen molar-refractivity contribution in [1.82, 2.24) is 34.4 Å². The standard InChI is InChI=1S/C25H39B2N9O2/c1-5-6-19(21(26)27)38-25-31-22(28)24-30-14-18(36(24)32-25)12-17-11-16(2)23(29-13-17)35-9-7-34(8-10-35)20(37)15-33(3)4/h11,13-14,19,21H,5-10,12,15,26-27H2,1-4H3,(H2,28,31,32). The quantitative estimate of drug-likeness (QED) is 0.363. The van der Waals surface area contributed by atoms with Gasteiger partial charge in [-0.2, -0.15) is 4.98 Å². The fourth-order valence-corrected chi connectivity index (χ4v) is 4.85. The molecule has 1 aliphatic heterocycles. The smallest absolute Gasteiger partial charge is 0.336 e. The van der Waals surface area contributed by atoms with Crippen LogP contribution in [0, 0.1) is 6.92 Å². The van der Waals surface area contributed by atoms with Crippen LogP contribution in [0.25, 0.3) is 5.65 Å². The first-order valence-corrected chi connectivity index (χ1v) is 13.5. The Balaban J connectivity index is 1.47. The number of hydrogen-bond donors (Lipinski definition) is 1. The van der Waals surface area contributed by atoms with E-state index < -0.39 is 0 Å². The topological polar surface area (TPSA) is 118 Å². The first-order chi connectivity index (χ1) is 18.2. The number of aryl methyl sites for hydroxylation is 1. The van der Waals surface area contributed by atoms with Crippen LogP contribution < -0.4 is 15.4 Å². The van der Waals surface area contributed by atoms with Crippen molar-refractivity contribution in [2.24, 2.45) is 0 Å². The predicted molar refractivity (Wildman–Crippen MR) is 154 cm³/mol. The molecule has 4 heterocycles. The maximum Gasteiger partial charge on any atom is 0.336 e. The third kappa shape index (κ3) is 6.38. The number of ether oxygens (including phenoxy) is 1. The summed E-state index contributed by atoms with van der Waals surface area (Å²) in [7, 11) is 8.10. The molecule has 0 spiro atoms. The van der Waals surface area contributed by atoms with Crippen LogP contribution in [0.1, 0.15) is 36.6 Å². The van der Waals surface area contributed by atoms with Crippen molar-refractivity contribution in [3.63, 3.8) is 0 Å². The lowest BCUT2D eigenvalue weighted by Crippen LogP contribution is -2.51. The highest BCUT2D eigenvalue weighted by Crippen LogP contribution is 2.23. The molecule has 38 heavy (non-hydrogen) atoms. The molecule has 0 aromatic carbocycles. The normalized spacial score (nSPS) is 15.0. The number of nitrogen functional groups attached to an aromatic ring is 1. The van der Waals surface area contributed by atoms with Crippen LogP contribution in [0.5, 0.6) is 6.01 Å². The molecule has 13 heteroatoms. The third-order valence-corrected chi connectivity index (χ3v) is 6.89. The number of likely N-dealkylation sites (N-methyl/N-ethyl adjacent to an activating group) is 1. The summed E-state index contributed by atoms with van der Waals surface area (Å²) in [6, 6.07) is 2.43. The van der Waals surface area contributed by atoms with E-state index in [0.717, 1.165) is 48.6 Å². The Bertz CT molecular complexity index is 1260. The molecule has 3 aromatic heterocycles. The third-order valence-electron chi connectivity index (χ3n) is 6.89. The molecule has 0 bridgehead atoms. The van der Waals surface area contributed by atoms with Crippen molar-refractivity contribution in [3.05, 3.63) is 35.3 Å². The molecule has 0 aliphatic carbocycles. The number of imidazole rings is 1. The van der Waals surface area contributed by atoms with E-state index in [0.29, 0.717) is 43.2 Å². The summed E-state index contributed by atoms with van der Waals surface area (Å²) in [4.78, 5) is 32.1. The van der Waals surface area contributed by atoms with Crippen LogP contribution in [-0.4, -0.2) is 109 Å². The van der Waals surface area contributed by atoms with Crippen LogP contribution in [-0.2, 0) is 11.2 Å². The Hall–Kier alpha value is -3.34. The van der Waals surface area contributed by atoms with Gasteiger partial charge in [0.2, 0.25) is 5.91 Å². The highest BCUT2D eigenvalue weighted by molar-refractivity contribution is 6.35. The maximum atomic E-state index is 12.4. The number of nitrogens with two attached hydrogens (primary N) is 1. The SMILES string of the molecule is BC(B)C(CCC)Oc1nc(N)c2ncc(Cc3cnc(N4CCN(C(=O)CN(C)C)CC4)c(C)c3)n2n1. The van der Waals surface area contributed by atoms with Gasteiger partial charge in [0.05, 0.1) is 24.5 Å². The molecule has 1 aliphatic rings. The zero-order chi connectivity index (χ0) is 27.4. The number of anilines is 2. The number of fused-ring (bicyclic) bond motifs is 1. The highest BCUT2D eigenvalue weighted by atomic mass is 16.5. The minimum absolute atomic E-state index is 0.0242. The van der Waals surface area contributed by atoms with Crippen molar-refractivity contribution in [3.8, 4) is 6.01 Å². The van der Waals surface area contributed by atoms with E-state index in [1.165, 1.54) is 0 Å². The number of rotatable bonds is 10. The number of amides is 1. The molecule has 4 rings (SSSR count). The van der Waals surface area contributed by atoms with Crippen molar-refractivity contribution in [1.29, 1.82) is 0 Å². The Morgan fingerprint density at radius 3 is 2.55 bits per heavy atom. The van der Waals surface area contributed by atoms with Gasteiger partial charge in [0, 0.05) is 38.8 Å². The molecule has 1 saturated heterocycles. The average molecular weight is 519 g/mol. The highest BCUT2D eigenvalue weighted by Gasteiger charge is 2.23. The number of aromatic nitrogens is 5. The van der Waals surface area contributed by atoms with E-state index in [1.807, 2.05) is 30.1 Å². The predicted octanol–water partition coefficient (Wildman–Crippen LogP) is -0.229. The second-order valence-electron chi connectivity index (χ2n) is 10.7. The minimum atomic E-state index is 0.0242. The van der Waals surface area contributed by atoms with Crippen LogP contribution in [0.2, 0.25) is 5.72 Å². The van der Waals surface area contributed by atoms with Gasteiger partial charge in [0.1, 0.15) is 21.5 Å². The molecule has 11 nitrogen and oxygen atoms in total. The second-order valence-corrected chi connectivity index (χ2v) is 10.7. The van der Waals surface area contributed by atoms with Crippen molar-refractivity contribution < 1.29 is 9.53 Å².